The number of H-pyrrole nitrogens is 1. The van der Waals surface area contributed by atoms with E-state index < -0.39 is 5.91 Å². The van der Waals surface area contributed by atoms with Gasteiger partial charge in [-0.25, -0.2) is 10.9 Å². The Bertz CT molecular complexity index is 931. The van der Waals surface area contributed by atoms with Gasteiger partial charge in [-0.2, -0.15) is 0 Å². The van der Waals surface area contributed by atoms with Gasteiger partial charge in [0.05, 0.1) is 5.56 Å². The summed E-state index contributed by atoms with van der Waals surface area (Å²) in [5.41, 5.74) is 15.0. The molecule has 3 aromatic rings. The normalized spacial score (nSPS) is 10.8. The van der Waals surface area contributed by atoms with E-state index in [9.17, 15) is 9.59 Å². The lowest BCUT2D eigenvalue weighted by Gasteiger charge is -2.08. The smallest absolute Gasteiger partial charge is 0.253 e. The highest BCUT2D eigenvalue weighted by Gasteiger charge is 2.19. The summed E-state index contributed by atoms with van der Waals surface area (Å²) in [6.07, 6.45) is 1.24. The van der Waals surface area contributed by atoms with Crippen molar-refractivity contribution in [2.45, 2.75) is 6.42 Å². The quantitative estimate of drug-likeness (QED) is 0.233. The number of hydrogen-bond acceptors (Lipinski definition) is 4. The van der Waals surface area contributed by atoms with E-state index in [-0.39, 0.29) is 11.4 Å². The topological polar surface area (TPSA) is 131 Å². The van der Waals surface area contributed by atoms with Crippen molar-refractivity contribution < 1.29 is 9.59 Å². The number of benzene rings is 2. The zero-order valence-electron chi connectivity index (χ0n) is 13.5. The minimum absolute atomic E-state index is 0.174. The van der Waals surface area contributed by atoms with Crippen LogP contribution in [0.1, 0.15) is 15.9 Å². The van der Waals surface area contributed by atoms with Crippen molar-refractivity contribution in [1.29, 1.82) is 0 Å². The van der Waals surface area contributed by atoms with Gasteiger partial charge in [-0.3, -0.25) is 9.59 Å². The van der Waals surface area contributed by atoms with E-state index in [4.69, 9.17) is 17.3 Å². The lowest BCUT2D eigenvalue weighted by atomic mass is 10.0. The molecule has 1 aromatic heterocycles. The van der Waals surface area contributed by atoms with E-state index in [0.717, 1.165) is 22.6 Å². The standard InChI is InChI=1S/C18H19N5O2/c19-8-7-11-1-3-12(4-2-11)13-5-6-14-15(9-13)22-18(23(21)10-24)16(14)17(20)25/h1-6,9-10,22H,7-8,19,21H2,(H2,20,25). The highest BCUT2D eigenvalue weighted by Crippen LogP contribution is 2.31. The molecule has 2 amide bonds. The summed E-state index contributed by atoms with van der Waals surface area (Å²) >= 11 is 0. The molecule has 7 nitrogen and oxygen atoms in total. The second-order valence-corrected chi connectivity index (χ2v) is 5.72. The van der Waals surface area contributed by atoms with Crippen LogP contribution in [0.3, 0.4) is 0 Å². The molecule has 128 valence electrons. The SMILES string of the molecule is NCCc1ccc(-c2ccc3c(C(N)=O)c(N(N)C=O)[nH]c3c2)cc1. The van der Waals surface area contributed by atoms with Gasteiger partial charge in [0, 0.05) is 10.9 Å². The summed E-state index contributed by atoms with van der Waals surface area (Å²) in [6, 6.07) is 13.7. The molecule has 3 rings (SSSR count). The maximum Gasteiger partial charge on any atom is 0.253 e. The summed E-state index contributed by atoms with van der Waals surface area (Å²) in [5, 5.41) is 1.42. The van der Waals surface area contributed by atoms with Crippen LogP contribution in [-0.2, 0) is 11.2 Å². The van der Waals surface area contributed by atoms with Crippen LogP contribution >= 0.6 is 0 Å². The number of hydrazine groups is 1. The number of rotatable bonds is 6. The molecule has 7 heteroatoms. The zero-order chi connectivity index (χ0) is 18.0. The van der Waals surface area contributed by atoms with Gasteiger partial charge in [-0.15, -0.1) is 0 Å². The zero-order valence-corrected chi connectivity index (χ0v) is 13.5. The van der Waals surface area contributed by atoms with E-state index in [2.05, 4.69) is 4.98 Å². The maximum atomic E-state index is 11.8. The summed E-state index contributed by atoms with van der Waals surface area (Å²) in [7, 11) is 0. The summed E-state index contributed by atoms with van der Waals surface area (Å²) in [4.78, 5) is 25.7. The lowest BCUT2D eigenvalue weighted by molar-refractivity contribution is -0.107. The molecule has 0 unspecified atom stereocenters. The molecule has 0 radical (unpaired) electrons. The fraction of sp³-hybridized carbons (Fsp3) is 0.111. The fourth-order valence-corrected chi connectivity index (χ4v) is 2.89. The van der Waals surface area contributed by atoms with E-state index in [0.29, 0.717) is 23.9 Å². The first kappa shape index (κ1) is 16.7. The minimum Gasteiger partial charge on any atom is -0.365 e. The molecule has 0 bridgehead atoms. The van der Waals surface area contributed by atoms with Crippen molar-refractivity contribution in [2.24, 2.45) is 17.3 Å². The Morgan fingerprint density at radius 3 is 2.40 bits per heavy atom. The Balaban J connectivity index is 2.08. The van der Waals surface area contributed by atoms with Crippen molar-refractivity contribution in [1.82, 2.24) is 4.98 Å². The first-order valence-corrected chi connectivity index (χ1v) is 7.79. The molecule has 0 aliphatic carbocycles. The Morgan fingerprint density at radius 2 is 1.80 bits per heavy atom. The second-order valence-electron chi connectivity index (χ2n) is 5.72. The average Bonchev–Trinajstić information content (AvgIpc) is 3.00. The number of primary amides is 1. The number of nitrogens with two attached hydrogens (primary N) is 3. The number of aromatic nitrogens is 1. The third-order valence-electron chi connectivity index (χ3n) is 4.12. The van der Waals surface area contributed by atoms with E-state index in [1.165, 1.54) is 5.56 Å². The van der Waals surface area contributed by atoms with Crippen molar-refractivity contribution in [3.8, 4) is 11.1 Å². The highest BCUT2D eigenvalue weighted by atomic mass is 16.1. The molecular formula is C18H19N5O2. The van der Waals surface area contributed by atoms with Gasteiger partial charge < -0.3 is 16.5 Å². The molecular weight excluding hydrogens is 318 g/mol. The summed E-state index contributed by atoms with van der Waals surface area (Å²) in [6.45, 7) is 0.610. The van der Waals surface area contributed by atoms with Crippen molar-refractivity contribution >= 4 is 29.0 Å². The van der Waals surface area contributed by atoms with Crippen LogP contribution in [0.25, 0.3) is 22.0 Å². The van der Waals surface area contributed by atoms with Gasteiger partial charge in [-0.05, 0) is 35.7 Å². The van der Waals surface area contributed by atoms with Gasteiger partial charge in [-0.1, -0.05) is 36.4 Å². The van der Waals surface area contributed by atoms with Gasteiger partial charge in [0.2, 0.25) is 6.41 Å². The van der Waals surface area contributed by atoms with E-state index in [1.54, 1.807) is 6.07 Å². The molecule has 25 heavy (non-hydrogen) atoms. The van der Waals surface area contributed by atoms with Crippen LogP contribution in [0.5, 0.6) is 0 Å². The van der Waals surface area contributed by atoms with Crippen LogP contribution in [0.2, 0.25) is 0 Å². The molecule has 0 fully saturated rings. The number of amides is 2. The third-order valence-corrected chi connectivity index (χ3v) is 4.12. The van der Waals surface area contributed by atoms with Crippen LogP contribution in [-0.4, -0.2) is 23.8 Å². The molecule has 0 spiro atoms. The monoisotopic (exact) mass is 337 g/mol. The van der Waals surface area contributed by atoms with Gasteiger partial charge in [0.15, 0.2) is 0 Å². The fourth-order valence-electron chi connectivity index (χ4n) is 2.89. The van der Waals surface area contributed by atoms with Crippen LogP contribution in [0.4, 0.5) is 5.82 Å². The summed E-state index contributed by atoms with van der Waals surface area (Å²) < 4.78 is 0. The average molecular weight is 337 g/mol. The first-order chi connectivity index (χ1) is 12.0. The number of nitrogens with zero attached hydrogens (tertiary/aromatic N) is 1. The predicted molar refractivity (Wildman–Crippen MR) is 97.7 cm³/mol. The Hall–Kier alpha value is -3.16. The summed E-state index contributed by atoms with van der Waals surface area (Å²) in [5.74, 6) is 5.13. The van der Waals surface area contributed by atoms with Crippen LogP contribution < -0.4 is 22.3 Å². The predicted octanol–water partition coefficient (Wildman–Crippen LogP) is 1.27. The number of aromatic amines is 1. The first-order valence-electron chi connectivity index (χ1n) is 7.79. The second kappa shape index (κ2) is 6.76. The number of anilines is 1. The number of fused-ring (bicyclic) bond motifs is 1. The van der Waals surface area contributed by atoms with Crippen molar-refractivity contribution in [2.75, 3.05) is 11.6 Å². The number of nitrogens with one attached hydrogen (secondary N) is 1. The number of hydrogen-bond donors (Lipinski definition) is 4. The van der Waals surface area contributed by atoms with Gasteiger partial charge in [0.1, 0.15) is 5.82 Å². The van der Waals surface area contributed by atoms with Gasteiger partial charge in [0.25, 0.3) is 5.91 Å². The largest absolute Gasteiger partial charge is 0.365 e. The number of carbonyl (C=O) groups is 2. The molecule has 1 heterocycles. The molecule has 7 N–H and O–H groups in total. The lowest BCUT2D eigenvalue weighted by Crippen LogP contribution is -2.31. The highest BCUT2D eigenvalue weighted by molar-refractivity contribution is 6.12. The molecule has 0 aliphatic rings. The third kappa shape index (κ3) is 3.10. The van der Waals surface area contributed by atoms with Crippen molar-refractivity contribution in [3.63, 3.8) is 0 Å². The number of carbonyl (C=O) groups excluding carboxylic acids is 2. The molecule has 0 atom stereocenters. The Labute approximate surface area is 144 Å². The van der Waals surface area contributed by atoms with Crippen molar-refractivity contribution in [3.05, 3.63) is 53.6 Å². The molecule has 0 saturated heterocycles. The minimum atomic E-state index is -0.655. The van der Waals surface area contributed by atoms with E-state index >= 15 is 0 Å². The Kier molecular flexibility index (Phi) is 4.51. The van der Waals surface area contributed by atoms with E-state index in [1.807, 2.05) is 36.4 Å². The Morgan fingerprint density at radius 1 is 1.12 bits per heavy atom. The van der Waals surface area contributed by atoms with Crippen LogP contribution in [0, 0.1) is 0 Å². The maximum absolute atomic E-state index is 11.8. The molecule has 0 saturated carbocycles. The van der Waals surface area contributed by atoms with Gasteiger partial charge >= 0.3 is 0 Å². The molecule has 0 aliphatic heterocycles. The molecule has 2 aromatic carbocycles. The van der Waals surface area contributed by atoms with Crippen LogP contribution in [0.15, 0.2) is 42.5 Å².